The molecule has 0 bridgehead atoms. The SMILES string of the molecule is CC(SCC(N)=O)c1ccc2c(c1)Cc1ccccc1-2. The second-order valence-corrected chi connectivity index (χ2v) is 6.50. The molecule has 0 spiro atoms. The molecule has 0 heterocycles. The number of hydrogen-bond donors (Lipinski definition) is 1. The maximum atomic E-state index is 10.9. The Morgan fingerprint density at radius 1 is 1.20 bits per heavy atom. The predicted octanol–water partition coefficient (Wildman–Crippen LogP) is 3.54. The van der Waals surface area contributed by atoms with E-state index >= 15 is 0 Å². The van der Waals surface area contributed by atoms with E-state index in [0.717, 1.165) is 6.42 Å². The van der Waals surface area contributed by atoms with Gasteiger partial charge in [0, 0.05) is 5.25 Å². The van der Waals surface area contributed by atoms with Gasteiger partial charge in [0.25, 0.3) is 0 Å². The summed E-state index contributed by atoms with van der Waals surface area (Å²) >= 11 is 1.59. The van der Waals surface area contributed by atoms with Crippen molar-refractivity contribution < 1.29 is 4.79 Å². The third-order valence-electron chi connectivity index (χ3n) is 3.76. The Morgan fingerprint density at radius 3 is 2.75 bits per heavy atom. The molecule has 2 aromatic rings. The Bertz CT molecular complexity index is 666. The van der Waals surface area contributed by atoms with Gasteiger partial charge in [0.15, 0.2) is 0 Å². The van der Waals surface area contributed by atoms with Gasteiger partial charge in [-0.2, -0.15) is 0 Å². The molecule has 102 valence electrons. The average molecular weight is 283 g/mol. The molecule has 2 N–H and O–H groups in total. The van der Waals surface area contributed by atoms with E-state index in [-0.39, 0.29) is 11.2 Å². The van der Waals surface area contributed by atoms with Gasteiger partial charge in [-0.25, -0.2) is 0 Å². The summed E-state index contributed by atoms with van der Waals surface area (Å²) in [5.41, 5.74) is 12.0. The largest absolute Gasteiger partial charge is 0.369 e. The van der Waals surface area contributed by atoms with Crippen LogP contribution in [0, 0.1) is 0 Å². The van der Waals surface area contributed by atoms with Crippen LogP contribution in [0.5, 0.6) is 0 Å². The van der Waals surface area contributed by atoms with E-state index in [4.69, 9.17) is 5.73 Å². The van der Waals surface area contributed by atoms with Crippen LogP contribution in [0.15, 0.2) is 42.5 Å². The van der Waals surface area contributed by atoms with Crippen LogP contribution in [-0.4, -0.2) is 11.7 Å². The zero-order valence-electron chi connectivity index (χ0n) is 11.4. The summed E-state index contributed by atoms with van der Waals surface area (Å²) in [5.74, 6) is 0.119. The van der Waals surface area contributed by atoms with Crippen molar-refractivity contribution in [2.75, 3.05) is 5.75 Å². The van der Waals surface area contributed by atoms with E-state index in [0.29, 0.717) is 5.75 Å². The molecule has 0 saturated heterocycles. The molecule has 1 aliphatic rings. The molecule has 1 unspecified atom stereocenters. The second kappa shape index (κ2) is 5.33. The molecule has 2 nitrogen and oxygen atoms in total. The van der Waals surface area contributed by atoms with E-state index < -0.39 is 0 Å². The number of carbonyl (C=O) groups is 1. The van der Waals surface area contributed by atoms with Gasteiger partial charge in [-0.15, -0.1) is 11.8 Å². The lowest BCUT2D eigenvalue weighted by atomic mass is 10.0. The fourth-order valence-corrected chi connectivity index (χ4v) is 3.47. The maximum absolute atomic E-state index is 10.9. The van der Waals surface area contributed by atoms with Crippen molar-refractivity contribution >= 4 is 17.7 Å². The fourth-order valence-electron chi connectivity index (χ4n) is 2.72. The van der Waals surface area contributed by atoms with Gasteiger partial charge in [0.1, 0.15) is 0 Å². The smallest absolute Gasteiger partial charge is 0.227 e. The van der Waals surface area contributed by atoms with Crippen LogP contribution in [0.1, 0.15) is 28.9 Å². The van der Waals surface area contributed by atoms with Crippen molar-refractivity contribution in [3.63, 3.8) is 0 Å². The van der Waals surface area contributed by atoms with Gasteiger partial charge in [-0.3, -0.25) is 4.79 Å². The first-order valence-electron chi connectivity index (χ1n) is 6.76. The van der Waals surface area contributed by atoms with Crippen LogP contribution in [0.25, 0.3) is 11.1 Å². The van der Waals surface area contributed by atoms with Crippen molar-refractivity contribution in [2.45, 2.75) is 18.6 Å². The molecule has 2 aromatic carbocycles. The summed E-state index contributed by atoms with van der Waals surface area (Å²) in [5, 5.41) is 0.288. The topological polar surface area (TPSA) is 43.1 Å². The number of thioether (sulfide) groups is 1. The first kappa shape index (κ1) is 13.3. The van der Waals surface area contributed by atoms with E-state index in [1.807, 2.05) is 0 Å². The monoisotopic (exact) mass is 283 g/mol. The van der Waals surface area contributed by atoms with E-state index in [9.17, 15) is 4.79 Å². The highest BCUT2D eigenvalue weighted by Gasteiger charge is 2.19. The van der Waals surface area contributed by atoms with Crippen LogP contribution in [-0.2, 0) is 11.2 Å². The van der Waals surface area contributed by atoms with Crippen LogP contribution >= 0.6 is 11.8 Å². The number of carbonyl (C=O) groups excluding carboxylic acids is 1. The number of rotatable bonds is 4. The summed E-state index contributed by atoms with van der Waals surface area (Å²) < 4.78 is 0. The number of hydrogen-bond acceptors (Lipinski definition) is 2. The highest BCUT2D eigenvalue weighted by atomic mass is 32.2. The first-order valence-corrected chi connectivity index (χ1v) is 7.81. The molecule has 0 aliphatic heterocycles. The van der Waals surface area contributed by atoms with Gasteiger partial charge in [0.05, 0.1) is 5.75 Å². The van der Waals surface area contributed by atoms with Crippen LogP contribution < -0.4 is 5.73 Å². The molecular formula is C17H17NOS. The van der Waals surface area contributed by atoms with Crippen molar-refractivity contribution in [3.8, 4) is 11.1 Å². The summed E-state index contributed by atoms with van der Waals surface area (Å²) in [4.78, 5) is 10.9. The van der Waals surface area contributed by atoms with Gasteiger partial charge in [-0.1, -0.05) is 42.5 Å². The van der Waals surface area contributed by atoms with Gasteiger partial charge >= 0.3 is 0 Å². The van der Waals surface area contributed by atoms with E-state index in [1.54, 1.807) is 11.8 Å². The number of nitrogens with two attached hydrogens (primary N) is 1. The van der Waals surface area contributed by atoms with Crippen LogP contribution in [0.3, 0.4) is 0 Å². The lowest BCUT2D eigenvalue weighted by molar-refractivity contribution is -0.115. The lowest BCUT2D eigenvalue weighted by Gasteiger charge is -2.12. The van der Waals surface area contributed by atoms with E-state index in [1.165, 1.54) is 27.8 Å². The normalized spacial score (nSPS) is 13.7. The highest BCUT2D eigenvalue weighted by Crippen LogP contribution is 2.39. The van der Waals surface area contributed by atoms with Crippen LogP contribution in [0.4, 0.5) is 0 Å². The van der Waals surface area contributed by atoms with Crippen LogP contribution in [0.2, 0.25) is 0 Å². The Hall–Kier alpha value is -1.74. The zero-order valence-corrected chi connectivity index (χ0v) is 12.2. The molecule has 0 aromatic heterocycles. The van der Waals surface area contributed by atoms with Gasteiger partial charge < -0.3 is 5.73 Å². The number of fused-ring (bicyclic) bond motifs is 3. The molecule has 0 radical (unpaired) electrons. The quantitative estimate of drug-likeness (QED) is 0.796. The van der Waals surface area contributed by atoms with Crippen molar-refractivity contribution in [1.82, 2.24) is 0 Å². The minimum Gasteiger partial charge on any atom is -0.369 e. The Labute approximate surface area is 123 Å². The standard InChI is InChI=1S/C17H17NOS/c1-11(20-10-17(18)19)12-6-7-16-14(8-12)9-13-4-2-3-5-15(13)16/h2-8,11H,9-10H2,1H3,(H2,18,19). The second-order valence-electron chi connectivity index (χ2n) is 5.17. The van der Waals surface area contributed by atoms with Crippen molar-refractivity contribution in [1.29, 1.82) is 0 Å². The summed E-state index contributed by atoms with van der Waals surface area (Å²) in [6.07, 6.45) is 1.01. The number of primary amides is 1. The molecule has 1 amide bonds. The molecule has 20 heavy (non-hydrogen) atoms. The third kappa shape index (κ3) is 2.46. The molecule has 3 rings (SSSR count). The molecule has 1 aliphatic carbocycles. The summed E-state index contributed by atoms with van der Waals surface area (Å²) in [6, 6.07) is 15.2. The zero-order chi connectivity index (χ0) is 14.1. The Balaban J connectivity index is 1.85. The number of benzene rings is 2. The summed E-state index contributed by atoms with van der Waals surface area (Å²) in [6.45, 7) is 2.12. The van der Waals surface area contributed by atoms with Crippen molar-refractivity contribution in [3.05, 3.63) is 59.2 Å². The average Bonchev–Trinajstić information content (AvgIpc) is 2.82. The van der Waals surface area contributed by atoms with E-state index in [2.05, 4.69) is 49.4 Å². The summed E-state index contributed by atoms with van der Waals surface area (Å²) in [7, 11) is 0. The fraction of sp³-hybridized carbons (Fsp3) is 0.235. The minimum atomic E-state index is -0.254. The minimum absolute atomic E-state index is 0.254. The van der Waals surface area contributed by atoms with Gasteiger partial charge in [-0.05, 0) is 41.2 Å². The van der Waals surface area contributed by atoms with Gasteiger partial charge in [0.2, 0.25) is 5.91 Å². The van der Waals surface area contributed by atoms with Crippen molar-refractivity contribution in [2.24, 2.45) is 5.73 Å². The molecular weight excluding hydrogens is 266 g/mol. The Morgan fingerprint density at radius 2 is 1.95 bits per heavy atom. The molecule has 3 heteroatoms. The molecule has 1 atom stereocenters. The third-order valence-corrected chi connectivity index (χ3v) is 4.99. The lowest BCUT2D eigenvalue weighted by Crippen LogP contribution is -2.13. The molecule has 0 fully saturated rings. The highest BCUT2D eigenvalue weighted by molar-refractivity contribution is 8.00. The molecule has 0 saturated carbocycles. The Kier molecular flexibility index (Phi) is 3.53. The number of amides is 1. The predicted molar refractivity (Wildman–Crippen MR) is 84.8 cm³/mol. The maximum Gasteiger partial charge on any atom is 0.227 e. The first-order chi connectivity index (χ1) is 9.65.